The smallest absolute Gasteiger partial charge is 0.243 e. The first-order valence-electron chi connectivity index (χ1n) is 9.85. The number of unbranched alkanes of at least 4 members (excludes halogenated alkanes) is 1. The Morgan fingerprint density at radius 2 is 1.71 bits per heavy atom. The highest BCUT2D eigenvalue weighted by Gasteiger charge is 2.22. The topological polar surface area (TPSA) is 67.9 Å². The third-order valence-electron chi connectivity index (χ3n) is 5.25. The Hall–Kier alpha value is -1.75. The van der Waals surface area contributed by atoms with Crippen LogP contribution >= 0.6 is 15.9 Å². The van der Waals surface area contributed by atoms with E-state index in [1.54, 1.807) is 14.2 Å². The van der Waals surface area contributed by atoms with Crippen molar-refractivity contribution < 1.29 is 26.7 Å². The summed E-state index contributed by atoms with van der Waals surface area (Å²) in [6, 6.07) is 5.50. The van der Waals surface area contributed by atoms with Crippen LogP contribution in [0.25, 0.3) is 0 Å². The number of halogens is 3. The Kier molecular flexibility index (Phi) is 7.90. The largest absolute Gasteiger partial charge is 0.493 e. The number of sulfonamides is 1. The number of hydrogen-bond donors (Lipinski definition) is 1. The maximum atomic E-state index is 13.9. The standard InChI is InChI=1S/C21H25BrF2N2O4S/c1-29-19-9-14-5-8-26(13-15(14)10-20(19)30-2)7-4-3-6-25-31(27,28)21-12-17(23)16(22)11-18(21)24/h9-12,25H,3-8,13H2,1-2H3. The Morgan fingerprint density at radius 3 is 2.39 bits per heavy atom. The highest BCUT2D eigenvalue weighted by atomic mass is 79.9. The van der Waals surface area contributed by atoms with E-state index in [1.165, 1.54) is 11.1 Å². The van der Waals surface area contributed by atoms with E-state index in [9.17, 15) is 17.2 Å². The quantitative estimate of drug-likeness (QED) is 0.403. The molecule has 0 unspecified atom stereocenters. The normalized spacial score (nSPS) is 14.4. The summed E-state index contributed by atoms with van der Waals surface area (Å²) in [5.41, 5.74) is 2.43. The van der Waals surface area contributed by atoms with E-state index >= 15 is 0 Å². The summed E-state index contributed by atoms with van der Waals surface area (Å²) in [6.07, 6.45) is 2.24. The molecule has 1 heterocycles. The van der Waals surface area contributed by atoms with E-state index in [2.05, 4.69) is 25.6 Å². The number of benzene rings is 2. The Balaban J connectivity index is 1.49. The molecule has 2 aromatic carbocycles. The highest BCUT2D eigenvalue weighted by molar-refractivity contribution is 9.10. The fraction of sp³-hybridized carbons (Fsp3) is 0.429. The third kappa shape index (κ3) is 5.74. The van der Waals surface area contributed by atoms with Gasteiger partial charge in [0.1, 0.15) is 16.5 Å². The molecule has 6 nitrogen and oxygen atoms in total. The fourth-order valence-corrected chi connectivity index (χ4v) is 5.05. The van der Waals surface area contributed by atoms with Crippen LogP contribution in [-0.4, -0.2) is 47.2 Å². The van der Waals surface area contributed by atoms with Crippen molar-refractivity contribution in [3.05, 3.63) is 51.5 Å². The first kappa shape index (κ1) is 23.9. The van der Waals surface area contributed by atoms with E-state index in [4.69, 9.17) is 9.47 Å². The molecule has 0 atom stereocenters. The maximum absolute atomic E-state index is 13.9. The zero-order chi connectivity index (χ0) is 22.6. The lowest BCUT2D eigenvalue weighted by atomic mass is 9.98. The van der Waals surface area contributed by atoms with Crippen molar-refractivity contribution in [1.29, 1.82) is 0 Å². The van der Waals surface area contributed by atoms with Gasteiger partial charge >= 0.3 is 0 Å². The molecule has 1 aliphatic rings. The van der Waals surface area contributed by atoms with Crippen molar-refractivity contribution in [2.24, 2.45) is 0 Å². The number of methoxy groups -OCH3 is 2. The van der Waals surface area contributed by atoms with Gasteiger partial charge in [-0.05, 0) is 77.1 Å². The maximum Gasteiger partial charge on any atom is 0.243 e. The van der Waals surface area contributed by atoms with Crippen LogP contribution in [0.2, 0.25) is 0 Å². The Labute approximate surface area is 189 Å². The number of nitrogens with zero attached hydrogens (tertiary/aromatic N) is 1. The van der Waals surface area contributed by atoms with Crippen LogP contribution in [0.15, 0.2) is 33.6 Å². The summed E-state index contributed by atoms with van der Waals surface area (Å²) in [7, 11) is -0.883. The molecule has 0 amide bonds. The van der Waals surface area contributed by atoms with E-state index in [-0.39, 0.29) is 11.0 Å². The lowest BCUT2D eigenvalue weighted by molar-refractivity contribution is 0.248. The van der Waals surface area contributed by atoms with E-state index in [0.717, 1.165) is 44.3 Å². The van der Waals surface area contributed by atoms with Crippen LogP contribution in [0, 0.1) is 11.6 Å². The van der Waals surface area contributed by atoms with Gasteiger partial charge in [-0.1, -0.05) is 0 Å². The first-order valence-corrected chi connectivity index (χ1v) is 12.1. The van der Waals surface area contributed by atoms with Gasteiger partial charge < -0.3 is 9.47 Å². The molecule has 0 spiro atoms. The van der Waals surface area contributed by atoms with E-state index in [1.807, 2.05) is 12.1 Å². The zero-order valence-corrected chi connectivity index (χ0v) is 19.8. The second kappa shape index (κ2) is 10.2. The predicted octanol–water partition coefficient (Wildman–Crippen LogP) is 3.86. The van der Waals surface area contributed by atoms with Gasteiger partial charge in [-0.15, -0.1) is 0 Å². The fourth-order valence-electron chi connectivity index (χ4n) is 3.59. The van der Waals surface area contributed by atoms with Crippen molar-refractivity contribution in [3.63, 3.8) is 0 Å². The molecule has 3 rings (SSSR count). The lowest BCUT2D eigenvalue weighted by Crippen LogP contribution is -2.32. The molecule has 1 N–H and O–H groups in total. The number of rotatable bonds is 9. The van der Waals surface area contributed by atoms with Crippen LogP contribution in [0.3, 0.4) is 0 Å². The van der Waals surface area contributed by atoms with Gasteiger partial charge in [-0.25, -0.2) is 21.9 Å². The molecular formula is C21H25BrF2N2O4S. The molecule has 0 aliphatic carbocycles. The van der Waals surface area contributed by atoms with Crippen LogP contribution in [0.1, 0.15) is 24.0 Å². The van der Waals surface area contributed by atoms with E-state index < -0.39 is 26.6 Å². The van der Waals surface area contributed by atoms with Gasteiger partial charge in [0.2, 0.25) is 10.0 Å². The first-order chi connectivity index (χ1) is 14.7. The molecule has 0 aromatic heterocycles. The monoisotopic (exact) mass is 518 g/mol. The summed E-state index contributed by atoms with van der Waals surface area (Å²) >= 11 is 2.84. The molecule has 0 bridgehead atoms. The Morgan fingerprint density at radius 1 is 1.03 bits per heavy atom. The minimum atomic E-state index is -4.12. The van der Waals surface area contributed by atoms with Crippen molar-refractivity contribution in [3.8, 4) is 11.5 Å². The van der Waals surface area contributed by atoms with Crippen LogP contribution < -0.4 is 14.2 Å². The molecule has 0 radical (unpaired) electrons. The molecule has 0 fully saturated rings. The molecule has 2 aromatic rings. The molecule has 0 saturated heterocycles. The Bertz CT molecular complexity index is 1050. The molecule has 170 valence electrons. The predicted molar refractivity (Wildman–Crippen MR) is 117 cm³/mol. The van der Waals surface area contributed by atoms with Gasteiger partial charge in [0.15, 0.2) is 11.5 Å². The number of ether oxygens (including phenoxy) is 2. The summed E-state index contributed by atoms with van der Waals surface area (Å²) in [4.78, 5) is 1.61. The molecule has 31 heavy (non-hydrogen) atoms. The summed E-state index contributed by atoms with van der Waals surface area (Å²) in [5.74, 6) is -0.403. The summed E-state index contributed by atoms with van der Waals surface area (Å²) in [5, 5.41) is 0. The summed E-state index contributed by atoms with van der Waals surface area (Å²) in [6.45, 7) is 2.63. The average Bonchev–Trinajstić information content (AvgIpc) is 2.74. The number of hydrogen-bond acceptors (Lipinski definition) is 5. The average molecular weight is 519 g/mol. The minimum absolute atomic E-state index is 0.122. The van der Waals surface area contributed by atoms with Gasteiger partial charge in [0.25, 0.3) is 0 Å². The molecule has 1 aliphatic heterocycles. The van der Waals surface area contributed by atoms with E-state index in [0.29, 0.717) is 18.2 Å². The second-order valence-corrected chi connectivity index (χ2v) is 9.89. The van der Waals surface area contributed by atoms with Crippen LogP contribution in [0.5, 0.6) is 11.5 Å². The second-order valence-electron chi connectivity index (χ2n) is 7.30. The van der Waals surface area contributed by atoms with Crippen molar-refractivity contribution in [2.45, 2.75) is 30.7 Å². The van der Waals surface area contributed by atoms with Gasteiger partial charge in [-0.3, -0.25) is 4.90 Å². The van der Waals surface area contributed by atoms with Gasteiger partial charge in [-0.2, -0.15) is 0 Å². The number of fused-ring (bicyclic) bond motifs is 1. The minimum Gasteiger partial charge on any atom is -0.493 e. The van der Waals surface area contributed by atoms with Crippen LogP contribution in [-0.2, 0) is 23.0 Å². The van der Waals surface area contributed by atoms with Crippen molar-refractivity contribution >= 4 is 26.0 Å². The highest BCUT2D eigenvalue weighted by Crippen LogP contribution is 2.33. The number of nitrogens with one attached hydrogen (secondary N) is 1. The van der Waals surface area contributed by atoms with Crippen molar-refractivity contribution in [2.75, 3.05) is 33.9 Å². The van der Waals surface area contributed by atoms with Crippen molar-refractivity contribution in [1.82, 2.24) is 9.62 Å². The van der Waals surface area contributed by atoms with Gasteiger partial charge in [0, 0.05) is 19.6 Å². The lowest BCUT2D eigenvalue weighted by Gasteiger charge is -2.29. The zero-order valence-electron chi connectivity index (χ0n) is 17.4. The summed E-state index contributed by atoms with van der Waals surface area (Å²) < 4.78 is 65.0. The molecular weight excluding hydrogens is 494 g/mol. The van der Waals surface area contributed by atoms with Gasteiger partial charge in [0.05, 0.1) is 18.7 Å². The molecule has 0 saturated carbocycles. The SMILES string of the molecule is COc1cc2c(cc1OC)CN(CCCCNS(=O)(=O)c1cc(F)c(Br)cc1F)CC2. The molecule has 10 heteroatoms. The third-order valence-corrected chi connectivity index (χ3v) is 7.34. The van der Waals surface area contributed by atoms with Crippen LogP contribution in [0.4, 0.5) is 8.78 Å².